The molecule has 1 aromatic heterocycles. The van der Waals surface area contributed by atoms with Gasteiger partial charge in [-0.25, -0.2) is 0 Å². The third kappa shape index (κ3) is 3.21. The van der Waals surface area contributed by atoms with E-state index >= 15 is 0 Å². The molecule has 1 atom stereocenters. The number of anilines is 1. The summed E-state index contributed by atoms with van der Waals surface area (Å²) in [4.78, 5) is 13.5. The molecule has 1 fully saturated rings. The fourth-order valence-electron chi connectivity index (χ4n) is 4.10. The average molecular weight is 436 g/mol. The highest BCUT2D eigenvalue weighted by Crippen LogP contribution is 2.32. The van der Waals surface area contributed by atoms with Crippen molar-refractivity contribution in [3.63, 3.8) is 0 Å². The molecule has 0 amide bonds. The van der Waals surface area contributed by atoms with Crippen LogP contribution in [0.5, 0.6) is 5.75 Å². The van der Waals surface area contributed by atoms with Crippen LogP contribution in [0.25, 0.3) is 10.9 Å². The van der Waals surface area contributed by atoms with Gasteiger partial charge in [0.1, 0.15) is 16.2 Å². The van der Waals surface area contributed by atoms with Crippen LogP contribution < -0.4 is 10.9 Å². The lowest BCUT2D eigenvalue weighted by atomic mass is 10.1. The molecule has 2 N–H and O–H groups in total. The van der Waals surface area contributed by atoms with Crippen LogP contribution in [-0.4, -0.2) is 29.7 Å². The van der Waals surface area contributed by atoms with Gasteiger partial charge in [0, 0.05) is 11.1 Å². The number of fused-ring (bicyclic) bond motifs is 2. The molecule has 1 unspecified atom stereocenters. The topological polar surface area (TPSA) is 113 Å². The van der Waals surface area contributed by atoms with Gasteiger partial charge in [0.15, 0.2) is 5.84 Å². The van der Waals surface area contributed by atoms with E-state index in [4.69, 9.17) is 0 Å². The Hall–Kier alpha value is -3.46. The maximum Gasteiger partial charge on any atom is 0.286 e. The van der Waals surface area contributed by atoms with Crippen molar-refractivity contribution in [3.05, 3.63) is 64.4 Å². The third-order valence-electron chi connectivity index (χ3n) is 5.65. The second-order valence-electron chi connectivity index (χ2n) is 7.91. The first-order valence-electron chi connectivity index (χ1n) is 10.00. The number of hydrogen-bond acceptors (Lipinski definition) is 6. The largest absolute Gasteiger partial charge is 0.506 e. The highest BCUT2D eigenvalue weighted by Gasteiger charge is 2.30. The summed E-state index contributed by atoms with van der Waals surface area (Å²) >= 11 is 0. The number of sulfonamides is 1. The first kappa shape index (κ1) is 19.5. The Labute approximate surface area is 178 Å². The van der Waals surface area contributed by atoms with Crippen molar-refractivity contribution in [2.45, 2.75) is 31.1 Å². The normalized spacial score (nSPS) is 21.0. The van der Waals surface area contributed by atoms with Gasteiger partial charge in [-0.15, -0.1) is 4.40 Å². The number of benzene rings is 2. The molecule has 3 aromatic rings. The molecule has 1 saturated carbocycles. The number of pyridine rings is 1. The van der Waals surface area contributed by atoms with Gasteiger partial charge in [0.25, 0.3) is 15.6 Å². The van der Waals surface area contributed by atoms with E-state index in [-0.39, 0.29) is 22.0 Å². The van der Waals surface area contributed by atoms with E-state index in [1.54, 1.807) is 42.5 Å². The summed E-state index contributed by atoms with van der Waals surface area (Å²) in [7, 11) is -4.04. The maximum absolute atomic E-state index is 13.5. The van der Waals surface area contributed by atoms with E-state index in [9.17, 15) is 18.3 Å². The van der Waals surface area contributed by atoms with Gasteiger partial charge in [0.2, 0.25) is 0 Å². The first-order valence-corrected chi connectivity index (χ1v) is 11.4. The summed E-state index contributed by atoms with van der Waals surface area (Å²) in [5, 5.41) is 18.8. The van der Waals surface area contributed by atoms with Crippen molar-refractivity contribution < 1.29 is 13.5 Å². The Kier molecular flexibility index (Phi) is 4.44. The molecule has 8 nitrogen and oxygen atoms in total. The van der Waals surface area contributed by atoms with Crippen LogP contribution >= 0.6 is 0 Å². The Morgan fingerprint density at radius 2 is 1.90 bits per heavy atom. The van der Waals surface area contributed by atoms with Gasteiger partial charge < -0.3 is 10.4 Å². The fourth-order valence-corrected chi connectivity index (χ4v) is 5.22. The standard InChI is InChI=1S/C22H20N4O4S/c1-13-10-11-14(12-13)24-26-17-8-4-2-6-15(17)20(27)19(22(26)28)21-23-16-7-3-5-9-18(16)31(29,30)25-21/h2-9,13,27H,10-12H2,1H3,(H,23,25)/b24-14-. The van der Waals surface area contributed by atoms with E-state index in [1.165, 1.54) is 10.7 Å². The lowest BCUT2D eigenvalue weighted by Gasteiger charge is -2.19. The van der Waals surface area contributed by atoms with Gasteiger partial charge in [0.05, 0.1) is 11.2 Å². The van der Waals surface area contributed by atoms with Crippen LogP contribution in [0, 0.1) is 5.92 Å². The number of rotatable bonds is 2. The summed E-state index contributed by atoms with van der Waals surface area (Å²) in [6.45, 7) is 2.13. The Balaban J connectivity index is 1.78. The van der Waals surface area contributed by atoms with Crippen LogP contribution in [-0.2, 0) is 10.0 Å². The van der Waals surface area contributed by atoms with Gasteiger partial charge in [-0.2, -0.15) is 18.2 Å². The molecule has 0 saturated heterocycles. The number of nitrogens with one attached hydrogen (secondary N) is 1. The monoisotopic (exact) mass is 436 g/mol. The highest BCUT2D eigenvalue weighted by molar-refractivity contribution is 7.90. The van der Waals surface area contributed by atoms with Crippen LogP contribution in [0.4, 0.5) is 5.69 Å². The van der Waals surface area contributed by atoms with E-state index < -0.39 is 15.6 Å². The van der Waals surface area contributed by atoms with E-state index in [1.807, 2.05) is 0 Å². The number of aromatic hydroxyl groups is 1. The number of aromatic nitrogens is 1. The molecule has 0 spiro atoms. The van der Waals surface area contributed by atoms with Gasteiger partial charge in [-0.3, -0.25) is 4.79 Å². The zero-order valence-corrected chi connectivity index (χ0v) is 17.6. The summed E-state index contributed by atoms with van der Waals surface area (Å²) in [6, 6.07) is 13.1. The van der Waals surface area contributed by atoms with Crippen molar-refractivity contribution in [2.24, 2.45) is 15.4 Å². The molecule has 0 bridgehead atoms. The predicted octanol–water partition coefficient (Wildman–Crippen LogP) is 3.29. The third-order valence-corrected chi connectivity index (χ3v) is 6.98. The van der Waals surface area contributed by atoms with Crippen molar-refractivity contribution >= 4 is 38.2 Å². The Bertz CT molecular complexity index is 1450. The van der Waals surface area contributed by atoms with Crippen molar-refractivity contribution in [2.75, 3.05) is 5.32 Å². The average Bonchev–Trinajstić information content (AvgIpc) is 3.16. The molecule has 2 heterocycles. The quantitative estimate of drug-likeness (QED) is 0.640. The maximum atomic E-state index is 13.5. The minimum Gasteiger partial charge on any atom is -0.506 e. The second kappa shape index (κ2) is 7.05. The summed E-state index contributed by atoms with van der Waals surface area (Å²) in [6.07, 6.45) is 2.58. The Morgan fingerprint density at radius 1 is 1.16 bits per heavy atom. The van der Waals surface area contributed by atoms with Crippen molar-refractivity contribution in [1.82, 2.24) is 4.68 Å². The molecular formula is C22H20N4O4S. The molecule has 1 aliphatic heterocycles. The lowest BCUT2D eigenvalue weighted by molar-refractivity contribution is 0.478. The van der Waals surface area contributed by atoms with Crippen LogP contribution in [0.3, 0.4) is 0 Å². The first-order chi connectivity index (χ1) is 14.8. The van der Waals surface area contributed by atoms with Gasteiger partial charge in [-0.05, 0) is 49.4 Å². The smallest absolute Gasteiger partial charge is 0.286 e. The summed E-state index contributed by atoms with van der Waals surface area (Å²) < 4.78 is 30.4. The zero-order chi connectivity index (χ0) is 21.8. The summed E-state index contributed by atoms with van der Waals surface area (Å²) in [5.41, 5.74) is 0.770. The molecule has 1 aliphatic carbocycles. The number of amidine groups is 1. The van der Waals surface area contributed by atoms with Gasteiger partial charge >= 0.3 is 0 Å². The molecule has 9 heteroatoms. The minimum atomic E-state index is -4.04. The molecule has 158 valence electrons. The van der Waals surface area contributed by atoms with Crippen molar-refractivity contribution in [1.29, 1.82) is 0 Å². The Morgan fingerprint density at radius 3 is 2.68 bits per heavy atom. The fraction of sp³-hybridized carbons (Fsp3) is 0.227. The molecule has 31 heavy (non-hydrogen) atoms. The summed E-state index contributed by atoms with van der Waals surface area (Å²) in [5.74, 6) is -0.0679. The zero-order valence-electron chi connectivity index (χ0n) is 16.7. The van der Waals surface area contributed by atoms with Gasteiger partial charge in [-0.1, -0.05) is 31.2 Å². The van der Waals surface area contributed by atoms with Crippen LogP contribution in [0.2, 0.25) is 0 Å². The molecule has 2 aromatic carbocycles. The lowest BCUT2D eigenvalue weighted by Crippen LogP contribution is -2.31. The van der Waals surface area contributed by atoms with E-state index in [0.717, 1.165) is 25.0 Å². The number of nitrogens with zero attached hydrogens (tertiary/aromatic N) is 3. The molecule has 5 rings (SSSR count). The predicted molar refractivity (Wildman–Crippen MR) is 120 cm³/mol. The van der Waals surface area contributed by atoms with E-state index in [2.05, 4.69) is 21.7 Å². The SMILES string of the molecule is CC1CC/C(=N/n2c(=O)c(C3=NS(=O)(=O)c4ccccc4N3)c(O)c3ccccc32)C1. The number of para-hydroxylation sites is 2. The molecular weight excluding hydrogens is 416 g/mol. The van der Waals surface area contributed by atoms with Crippen LogP contribution in [0.15, 0.2) is 67.7 Å². The van der Waals surface area contributed by atoms with E-state index in [0.29, 0.717) is 22.5 Å². The number of hydrogen-bond donors (Lipinski definition) is 2. The minimum absolute atomic E-state index is 0.0135. The second-order valence-corrected chi connectivity index (χ2v) is 9.48. The molecule has 0 radical (unpaired) electrons. The van der Waals surface area contributed by atoms with Crippen molar-refractivity contribution in [3.8, 4) is 5.75 Å². The molecule has 2 aliphatic rings. The van der Waals surface area contributed by atoms with Crippen LogP contribution in [0.1, 0.15) is 31.7 Å². The highest BCUT2D eigenvalue weighted by atomic mass is 32.2.